The fourth-order valence-corrected chi connectivity index (χ4v) is 2.28. The standard InChI is InChI=1S/C19H17FN2O/c20-18-8-6-15(11-21)10-17(18)16-7-9-19(22-12-16)23-13-14-4-2-1-3-5-14/h1-10,12H,11,13,21H2. The van der Waals surface area contributed by atoms with E-state index in [1.54, 1.807) is 30.5 Å². The Balaban J connectivity index is 1.74. The van der Waals surface area contributed by atoms with E-state index in [4.69, 9.17) is 10.5 Å². The Bertz CT molecular complexity index is 773. The first-order valence-electron chi connectivity index (χ1n) is 7.38. The topological polar surface area (TPSA) is 48.1 Å². The molecular weight excluding hydrogens is 291 g/mol. The van der Waals surface area contributed by atoms with Gasteiger partial charge in [-0.2, -0.15) is 0 Å². The number of benzene rings is 2. The largest absolute Gasteiger partial charge is 0.473 e. The molecule has 0 fully saturated rings. The Labute approximate surface area is 134 Å². The number of aromatic nitrogens is 1. The van der Waals surface area contributed by atoms with Gasteiger partial charge in [0, 0.05) is 29.9 Å². The van der Waals surface area contributed by atoms with Crippen LogP contribution < -0.4 is 10.5 Å². The molecule has 0 amide bonds. The first-order valence-corrected chi connectivity index (χ1v) is 7.38. The molecule has 0 aliphatic heterocycles. The highest BCUT2D eigenvalue weighted by atomic mass is 19.1. The van der Waals surface area contributed by atoms with E-state index in [0.717, 1.165) is 11.1 Å². The number of rotatable bonds is 5. The third kappa shape index (κ3) is 3.73. The molecule has 0 radical (unpaired) electrons. The third-order valence-electron chi connectivity index (χ3n) is 3.54. The van der Waals surface area contributed by atoms with Gasteiger partial charge in [0.15, 0.2) is 0 Å². The Morgan fingerprint density at radius 3 is 2.48 bits per heavy atom. The molecule has 0 spiro atoms. The van der Waals surface area contributed by atoms with Crippen molar-refractivity contribution in [3.63, 3.8) is 0 Å². The van der Waals surface area contributed by atoms with E-state index < -0.39 is 0 Å². The summed E-state index contributed by atoms with van der Waals surface area (Å²) in [5.41, 5.74) is 8.75. The van der Waals surface area contributed by atoms with Crippen LogP contribution in [0.4, 0.5) is 4.39 Å². The predicted octanol–water partition coefficient (Wildman–Crippen LogP) is 3.93. The summed E-state index contributed by atoms with van der Waals surface area (Å²) in [5.74, 6) is 0.218. The van der Waals surface area contributed by atoms with Crippen LogP contribution in [0.5, 0.6) is 5.88 Å². The summed E-state index contributed by atoms with van der Waals surface area (Å²) in [5, 5.41) is 0. The molecule has 0 atom stereocenters. The zero-order valence-corrected chi connectivity index (χ0v) is 12.6. The Morgan fingerprint density at radius 1 is 0.957 bits per heavy atom. The summed E-state index contributed by atoms with van der Waals surface area (Å²) in [6, 6.07) is 18.3. The molecule has 3 nitrogen and oxygen atoms in total. The van der Waals surface area contributed by atoms with Gasteiger partial charge in [0.2, 0.25) is 5.88 Å². The number of nitrogens with zero attached hydrogens (tertiary/aromatic N) is 1. The number of hydrogen-bond acceptors (Lipinski definition) is 3. The van der Waals surface area contributed by atoms with Crippen molar-refractivity contribution in [3.8, 4) is 17.0 Å². The average Bonchev–Trinajstić information content (AvgIpc) is 2.62. The molecule has 0 aliphatic rings. The van der Waals surface area contributed by atoms with E-state index >= 15 is 0 Å². The zero-order valence-electron chi connectivity index (χ0n) is 12.6. The molecule has 116 valence electrons. The van der Waals surface area contributed by atoms with Gasteiger partial charge in [0.05, 0.1) is 0 Å². The molecule has 0 unspecified atom stereocenters. The summed E-state index contributed by atoms with van der Waals surface area (Å²) in [6.45, 7) is 0.823. The molecular formula is C19H17FN2O. The van der Waals surface area contributed by atoms with E-state index in [-0.39, 0.29) is 5.82 Å². The van der Waals surface area contributed by atoms with E-state index in [1.807, 2.05) is 30.3 Å². The average molecular weight is 308 g/mol. The molecule has 2 aromatic carbocycles. The van der Waals surface area contributed by atoms with Gasteiger partial charge >= 0.3 is 0 Å². The van der Waals surface area contributed by atoms with E-state index in [0.29, 0.717) is 30.2 Å². The summed E-state index contributed by atoms with van der Waals surface area (Å²) in [7, 11) is 0. The fraction of sp³-hybridized carbons (Fsp3) is 0.105. The van der Waals surface area contributed by atoms with E-state index in [2.05, 4.69) is 4.98 Å². The lowest BCUT2D eigenvalue weighted by Crippen LogP contribution is -1.98. The van der Waals surface area contributed by atoms with Crippen LogP contribution in [0.1, 0.15) is 11.1 Å². The molecule has 3 aromatic rings. The van der Waals surface area contributed by atoms with Crippen molar-refractivity contribution in [2.45, 2.75) is 13.2 Å². The van der Waals surface area contributed by atoms with Crippen LogP contribution in [-0.2, 0) is 13.2 Å². The van der Waals surface area contributed by atoms with Crippen LogP contribution in [0, 0.1) is 5.82 Å². The van der Waals surface area contributed by atoms with Gasteiger partial charge in [-0.05, 0) is 29.3 Å². The number of nitrogens with two attached hydrogens (primary N) is 1. The fourth-order valence-electron chi connectivity index (χ4n) is 2.28. The number of halogens is 1. The maximum absolute atomic E-state index is 14.0. The van der Waals surface area contributed by atoms with Crippen molar-refractivity contribution < 1.29 is 9.13 Å². The van der Waals surface area contributed by atoms with Crippen molar-refractivity contribution >= 4 is 0 Å². The second-order valence-corrected chi connectivity index (χ2v) is 5.18. The van der Waals surface area contributed by atoms with Crippen LogP contribution in [-0.4, -0.2) is 4.98 Å². The zero-order chi connectivity index (χ0) is 16.1. The molecule has 4 heteroatoms. The SMILES string of the molecule is NCc1ccc(F)c(-c2ccc(OCc3ccccc3)nc2)c1. The summed E-state index contributed by atoms with van der Waals surface area (Å²) >= 11 is 0. The van der Waals surface area contributed by atoms with Crippen molar-refractivity contribution in [1.82, 2.24) is 4.98 Å². The van der Waals surface area contributed by atoms with E-state index in [9.17, 15) is 4.39 Å². The molecule has 1 heterocycles. The van der Waals surface area contributed by atoms with Crippen LogP contribution in [0.2, 0.25) is 0 Å². The first kappa shape index (κ1) is 15.2. The molecule has 3 rings (SSSR count). The maximum atomic E-state index is 14.0. The summed E-state index contributed by atoms with van der Waals surface area (Å²) in [6.07, 6.45) is 1.61. The lowest BCUT2D eigenvalue weighted by atomic mass is 10.0. The number of pyridine rings is 1. The highest BCUT2D eigenvalue weighted by molar-refractivity contribution is 5.64. The van der Waals surface area contributed by atoms with Crippen molar-refractivity contribution in [2.75, 3.05) is 0 Å². The number of hydrogen-bond donors (Lipinski definition) is 1. The maximum Gasteiger partial charge on any atom is 0.213 e. The normalized spacial score (nSPS) is 10.5. The van der Waals surface area contributed by atoms with Gasteiger partial charge in [-0.25, -0.2) is 9.37 Å². The monoisotopic (exact) mass is 308 g/mol. The highest BCUT2D eigenvalue weighted by Crippen LogP contribution is 2.24. The third-order valence-corrected chi connectivity index (χ3v) is 3.54. The van der Waals surface area contributed by atoms with Gasteiger partial charge in [0.1, 0.15) is 12.4 Å². The molecule has 23 heavy (non-hydrogen) atoms. The van der Waals surface area contributed by atoms with Gasteiger partial charge in [0.25, 0.3) is 0 Å². The molecule has 0 aliphatic carbocycles. The van der Waals surface area contributed by atoms with Gasteiger partial charge in [-0.1, -0.05) is 36.4 Å². The van der Waals surface area contributed by atoms with Crippen molar-refractivity contribution in [1.29, 1.82) is 0 Å². The van der Waals surface area contributed by atoms with Gasteiger partial charge in [-0.15, -0.1) is 0 Å². The minimum absolute atomic E-state index is 0.290. The Kier molecular flexibility index (Phi) is 4.64. The van der Waals surface area contributed by atoms with Gasteiger partial charge < -0.3 is 10.5 Å². The van der Waals surface area contributed by atoms with Crippen LogP contribution in [0.3, 0.4) is 0 Å². The van der Waals surface area contributed by atoms with E-state index in [1.165, 1.54) is 6.07 Å². The van der Waals surface area contributed by atoms with Crippen molar-refractivity contribution in [2.24, 2.45) is 5.73 Å². The summed E-state index contributed by atoms with van der Waals surface area (Å²) < 4.78 is 19.6. The lowest BCUT2D eigenvalue weighted by molar-refractivity contribution is 0.294. The number of ether oxygens (including phenoxy) is 1. The van der Waals surface area contributed by atoms with Crippen molar-refractivity contribution in [3.05, 3.63) is 83.8 Å². The quantitative estimate of drug-likeness (QED) is 0.777. The highest BCUT2D eigenvalue weighted by Gasteiger charge is 2.07. The minimum atomic E-state index is -0.290. The lowest BCUT2D eigenvalue weighted by Gasteiger charge is -2.08. The molecule has 0 saturated carbocycles. The molecule has 1 aromatic heterocycles. The van der Waals surface area contributed by atoms with Crippen LogP contribution >= 0.6 is 0 Å². The first-order chi connectivity index (χ1) is 11.3. The molecule has 0 bridgehead atoms. The molecule has 0 saturated heterocycles. The molecule has 2 N–H and O–H groups in total. The Hall–Kier alpha value is -2.72. The second kappa shape index (κ2) is 7.03. The Morgan fingerprint density at radius 2 is 1.78 bits per heavy atom. The summed E-state index contributed by atoms with van der Waals surface area (Å²) in [4.78, 5) is 4.25. The second-order valence-electron chi connectivity index (χ2n) is 5.18. The smallest absolute Gasteiger partial charge is 0.213 e. The van der Waals surface area contributed by atoms with Crippen LogP contribution in [0.15, 0.2) is 66.9 Å². The van der Waals surface area contributed by atoms with Gasteiger partial charge in [-0.3, -0.25) is 0 Å². The minimum Gasteiger partial charge on any atom is -0.473 e. The predicted molar refractivity (Wildman–Crippen MR) is 88.3 cm³/mol. The van der Waals surface area contributed by atoms with Crippen LogP contribution in [0.25, 0.3) is 11.1 Å².